The third kappa shape index (κ3) is 1.94. The quantitative estimate of drug-likeness (QED) is 0.813. The lowest BCUT2D eigenvalue weighted by molar-refractivity contribution is 0.0972. The Kier molecular flexibility index (Phi) is 2.70. The van der Waals surface area contributed by atoms with E-state index in [4.69, 9.17) is 0 Å². The number of ketones is 1. The number of halogens is 1. The molecule has 0 bridgehead atoms. The molecule has 0 saturated heterocycles. The first-order chi connectivity index (χ1) is 8.74. The molecule has 1 aliphatic carbocycles. The van der Waals surface area contributed by atoms with Crippen LogP contribution in [0.4, 0.5) is 4.39 Å². The van der Waals surface area contributed by atoms with Gasteiger partial charge in [0, 0.05) is 12.1 Å². The summed E-state index contributed by atoms with van der Waals surface area (Å²) in [5.41, 5.74) is 2.58. The summed E-state index contributed by atoms with van der Waals surface area (Å²) in [5.74, 6) is -0.0775. The zero-order chi connectivity index (χ0) is 12.5. The molecule has 1 aromatic heterocycles. The number of hydrogen-bond acceptors (Lipinski definition) is 2. The molecular weight excluding hydrogens is 231 g/mol. The Morgan fingerprint density at radius 3 is 3.06 bits per heavy atom. The minimum atomic E-state index is -0.246. The summed E-state index contributed by atoms with van der Waals surface area (Å²) >= 11 is 0. The highest BCUT2D eigenvalue weighted by atomic mass is 19.1. The Bertz CT molecular complexity index is 604. The molecule has 1 aromatic carbocycles. The minimum Gasteiger partial charge on any atom is -0.294 e. The Balaban J connectivity index is 1.92. The molecule has 0 atom stereocenters. The van der Waals surface area contributed by atoms with Crippen LogP contribution in [0, 0.1) is 5.82 Å². The number of benzene rings is 1. The Hall–Kier alpha value is -1.97. The molecule has 0 unspecified atom stereocenters. The third-order valence-corrected chi connectivity index (χ3v) is 3.29. The maximum Gasteiger partial charge on any atom is 0.166 e. The van der Waals surface area contributed by atoms with Crippen molar-refractivity contribution in [3.8, 4) is 0 Å². The maximum atomic E-state index is 13.1. The number of carbonyl (C=O) groups excluding carboxylic acids is 1. The lowest BCUT2D eigenvalue weighted by atomic mass is 9.97. The van der Waals surface area contributed by atoms with Crippen LogP contribution in [-0.2, 0) is 13.0 Å². The predicted molar refractivity (Wildman–Crippen MR) is 65.0 cm³/mol. The van der Waals surface area contributed by atoms with E-state index in [0.29, 0.717) is 13.0 Å². The van der Waals surface area contributed by atoms with Crippen molar-refractivity contribution in [3.63, 3.8) is 0 Å². The molecular formula is C14H13FN2O. The van der Waals surface area contributed by atoms with Gasteiger partial charge in [-0.05, 0) is 30.5 Å². The average molecular weight is 244 g/mol. The number of carbonyl (C=O) groups is 1. The molecule has 4 heteroatoms. The van der Waals surface area contributed by atoms with Crippen molar-refractivity contribution in [1.82, 2.24) is 9.78 Å². The van der Waals surface area contributed by atoms with E-state index in [1.54, 1.807) is 16.9 Å². The summed E-state index contributed by atoms with van der Waals surface area (Å²) in [6.07, 6.45) is 3.99. The van der Waals surface area contributed by atoms with Crippen LogP contribution in [0.25, 0.3) is 0 Å². The van der Waals surface area contributed by atoms with Gasteiger partial charge in [0.2, 0.25) is 0 Å². The maximum absolute atomic E-state index is 13.1. The first-order valence-corrected chi connectivity index (χ1v) is 6.06. The summed E-state index contributed by atoms with van der Waals surface area (Å²) in [6, 6.07) is 6.47. The van der Waals surface area contributed by atoms with Crippen LogP contribution in [0.1, 0.15) is 34.5 Å². The molecule has 0 spiro atoms. The molecule has 92 valence electrons. The van der Waals surface area contributed by atoms with Gasteiger partial charge >= 0.3 is 0 Å². The minimum absolute atomic E-state index is 0.168. The monoisotopic (exact) mass is 244 g/mol. The molecule has 1 heterocycles. The Morgan fingerprint density at radius 1 is 1.33 bits per heavy atom. The van der Waals surface area contributed by atoms with Gasteiger partial charge in [0.05, 0.1) is 18.3 Å². The second-order valence-corrected chi connectivity index (χ2v) is 4.57. The first-order valence-electron chi connectivity index (χ1n) is 6.06. The number of hydrogen-bond donors (Lipinski definition) is 0. The molecule has 0 saturated carbocycles. The summed E-state index contributed by atoms with van der Waals surface area (Å²) < 4.78 is 14.9. The number of Topliss-reactive ketones (excluding diaryl/α,β-unsaturated/α-hetero) is 1. The highest BCUT2D eigenvalue weighted by molar-refractivity contribution is 5.97. The van der Waals surface area contributed by atoms with Crippen LogP contribution in [0.3, 0.4) is 0 Å². The van der Waals surface area contributed by atoms with E-state index >= 15 is 0 Å². The Morgan fingerprint density at radius 2 is 2.22 bits per heavy atom. The van der Waals surface area contributed by atoms with Crippen LogP contribution < -0.4 is 0 Å². The van der Waals surface area contributed by atoms with Gasteiger partial charge < -0.3 is 0 Å². The fourth-order valence-corrected chi connectivity index (χ4v) is 2.40. The zero-order valence-corrected chi connectivity index (χ0v) is 9.90. The molecule has 3 nitrogen and oxygen atoms in total. The van der Waals surface area contributed by atoms with E-state index in [2.05, 4.69) is 5.10 Å². The van der Waals surface area contributed by atoms with Crippen molar-refractivity contribution in [2.24, 2.45) is 0 Å². The van der Waals surface area contributed by atoms with Crippen molar-refractivity contribution in [2.45, 2.75) is 25.8 Å². The molecule has 0 radical (unpaired) electrons. The van der Waals surface area contributed by atoms with Crippen LogP contribution in [0.2, 0.25) is 0 Å². The molecule has 1 aliphatic rings. The highest BCUT2D eigenvalue weighted by Gasteiger charge is 2.21. The summed E-state index contributed by atoms with van der Waals surface area (Å²) in [6.45, 7) is 0.514. The van der Waals surface area contributed by atoms with E-state index in [0.717, 1.165) is 29.7 Å². The summed E-state index contributed by atoms with van der Waals surface area (Å²) in [7, 11) is 0. The summed E-state index contributed by atoms with van der Waals surface area (Å²) in [5, 5.41) is 4.25. The highest BCUT2D eigenvalue weighted by Crippen LogP contribution is 2.21. The van der Waals surface area contributed by atoms with Gasteiger partial charge in [0.1, 0.15) is 5.82 Å². The van der Waals surface area contributed by atoms with Gasteiger partial charge in [0.15, 0.2) is 5.78 Å². The molecule has 3 rings (SSSR count). The van der Waals surface area contributed by atoms with Crippen LogP contribution in [-0.4, -0.2) is 15.6 Å². The number of nitrogens with zero attached hydrogens (tertiary/aromatic N) is 2. The predicted octanol–water partition coefficient (Wildman–Crippen LogP) is 2.59. The van der Waals surface area contributed by atoms with Gasteiger partial charge in [-0.15, -0.1) is 0 Å². The number of fused-ring (bicyclic) bond motifs is 1. The molecule has 18 heavy (non-hydrogen) atoms. The van der Waals surface area contributed by atoms with E-state index in [1.807, 2.05) is 6.07 Å². The topological polar surface area (TPSA) is 34.9 Å². The standard InChI is InChI=1S/C14H13FN2O/c15-11-4-1-3-10(7-11)9-17-13-5-2-6-14(18)12(13)8-16-17/h1,3-4,7-8H,2,5-6,9H2. The van der Waals surface area contributed by atoms with Gasteiger partial charge in [-0.1, -0.05) is 12.1 Å². The molecule has 2 aromatic rings. The fraction of sp³-hybridized carbons (Fsp3) is 0.286. The van der Waals surface area contributed by atoms with Crippen molar-refractivity contribution in [3.05, 3.63) is 53.1 Å². The SMILES string of the molecule is O=C1CCCc2c1cnn2Cc1cccc(F)c1. The van der Waals surface area contributed by atoms with Crippen molar-refractivity contribution in [1.29, 1.82) is 0 Å². The van der Waals surface area contributed by atoms with Gasteiger partial charge in [0.25, 0.3) is 0 Å². The normalized spacial score (nSPS) is 14.6. The van der Waals surface area contributed by atoms with Crippen molar-refractivity contribution < 1.29 is 9.18 Å². The lowest BCUT2D eigenvalue weighted by Gasteiger charge is -2.13. The van der Waals surface area contributed by atoms with Gasteiger partial charge in [-0.3, -0.25) is 9.48 Å². The molecule has 0 fully saturated rings. The third-order valence-electron chi connectivity index (χ3n) is 3.29. The van der Waals surface area contributed by atoms with Gasteiger partial charge in [-0.2, -0.15) is 5.10 Å². The van der Waals surface area contributed by atoms with Crippen LogP contribution >= 0.6 is 0 Å². The Labute approximate surface area is 104 Å². The van der Waals surface area contributed by atoms with Crippen LogP contribution in [0.5, 0.6) is 0 Å². The first kappa shape index (κ1) is 11.1. The van der Waals surface area contributed by atoms with E-state index < -0.39 is 0 Å². The van der Waals surface area contributed by atoms with Crippen molar-refractivity contribution in [2.75, 3.05) is 0 Å². The van der Waals surface area contributed by atoms with Crippen molar-refractivity contribution >= 4 is 5.78 Å². The fourth-order valence-electron chi connectivity index (χ4n) is 2.40. The van der Waals surface area contributed by atoms with Crippen LogP contribution in [0.15, 0.2) is 30.5 Å². The molecule has 0 amide bonds. The lowest BCUT2D eigenvalue weighted by Crippen LogP contribution is -2.14. The van der Waals surface area contributed by atoms with Gasteiger partial charge in [-0.25, -0.2) is 4.39 Å². The van der Waals surface area contributed by atoms with E-state index in [-0.39, 0.29) is 11.6 Å². The largest absolute Gasteiger partial charge is 0.294 e. The number of rotatable bonds is 2. The smallest absolute Gasteiger partial charge is 0.166 e. The summed E-state index contributed by atoms with van der Waals surface area (Å²) in [4.78, 5) is 11.7. The number of aromatic nitrogens is 2. The van der Waals surface area contributed by atoms with E-state index in [9.17, 15) is 9.18 Å². The second kappa shape index (κ2) is 4.37. The average Bonchev–Trinajstić information content (AvgIpc) is 2.74. The zero-order valence-electron chi connectivity index (χ0n) is 9.90. The molecule has 0 N–H and O–H groups in total. The van der Waals surface area contributed by atoms with E-state index in [1.165, 1.54) is 12.1 Å². The molecule has 0 aliphatic heterocycles. The second-order valence-electron chi connectivity index (χ2n) is 4.57.